The number of carbonyl (C=O) groups is 2. The van der Waals surface area contributed by atoms with Crippen LogP contribution in [0.25, 0.3) is 0 Å². The van der Waals surface area contributed by atoms with E-state index < -0.39 is 77.3 Å². The molecule has 1 aromatic heterocycles. The monoisotopic (exact) mass is 845 g/mol. The van der Waals surface area contributed by atoms with Crippen LogP contribution >= 0.6 is 0 Å². The summed E-state index contributed by atoms with van der Waals surface area (Å²) in [4.78, 5) is 41.1. The number of hydrogen-bond donors (Lipinski definition) is 3. The van der Waals surface area contributed by atoms with Crippen LogP contribution in [0.4, 0.5) is 10.5 Å². The van der Waals surface area contributed by atoms with Crippen LogP contribution < -0.4 is 5.32 Å². The number of rotatable bonds is 12. The number of aryl methyl sites for hydroxylation is 2. The molecule has 3 fully saturated rings. The van der Waals surface area contributed by atoms with Crippen molar-refractivity contribution in [1.29, 1.82) is 0 Å². The van der Waals surface area contributed by atoms with E-state index in [-0.39, 0.29) is 29.8 Å². The highest BCUT2D eigenvalue weighted by Crippen LogP contribution is 2.37. The molecule has 3 aliphatic rings. The normalized spacial score (nSPS) is 36.1. The molecule has 0 saturated carbocycles. The van der Waals surface area contributed by atoms with Crippen molar-refractivity contribution >= 4 is 17.7 Å². The third-order valence-electron chi connectivity index (χ3n) is 12.8. The van der Waals surface area contributed by atoms with Gasteiger partial charge in [-0.05, 0) is 79.0 Å². The number of methoxy groups -OCH3 is 1. The maximum Gasteiger partial charge on any atom is 0.408 e. The van der Waals surface area contributed by atoms with Crippen molar-refractivity contribution in [3.8, 4) is 0 Å². The third-order valence-corrected chi connectivity index (χ3v) is 12.8. The van der Waals surface area contributed by atoms with E-state index in [9.17, 15) is 29.9 Å². The number of fused-ring (bicyclic) bond motifs is 1. The molecule has 0 aliphatic carbocycles. The SMILES string of the molecule is CC[C@H]1OC(=O)[C@H](C)[C@@H](OC)[C@H](C)[C@@H](O[C@@H]2O[C@H](C)C[C@H](N(C)CCc3cn(CCc4ccc([N+](=O)[O-])cc4)nn3)[C@H]2O)[C@](C)(O)C[C@@H](C)CN(C)[C@H](C)[C@H]2NC(=O)O[C@@H]21. The molecule has 2 aromatic rings. The Morgan fingerprint density at radius 1 is 1.12 bits per heavy atom. The first-order valence-electron chi connectivity index (χ1n) is 21.3. The molecule has 3 aliphatic heterocycles. The summed E-state index contributed by atoms with van der Waals surface area (Å²) in [6.45, 7) is 14.8. The fraction of sp³-hybridized carbons (Fsp3) is 0.762. The number of amides is 1. The minimum Gasteiger partial charge on any atom is -0.458 e. The second-order valence-electron chi connectivity index (χ2n) is 17.7. The fourth-order valence-electron chi connectivity index (χ4n) is 9.40. The molecular weight excluding hydrogens is 778 g/mol. The lowest BCUT2D eigenvalue weighted by Crippen LogP contribution is -2.59. The van der Waals surface area contributed by atoms with Crippen molar-refractivity contribution in [2.24, 2.45) is 17.8 Å². The van der Waals surface area contributed by atoms with Gasteiger partial charge in [0.05, 0.1) is 46.5 Å². The summed E-state index contributed by atoms with van der Waals surface area (Å²) in [6, 6.07) is 5.49. The fourth-order valence-corrected chi connectivity index (χ4v) is 9.40. The Labute approximate surface area is 353 Å². The van der Waals surface area contributed by atoms with E-state index in [1.54, 1.807) is 30.7 Å². The first-order valence-corrected chi connectivity index (χ1v) is 21.3. The van der Waals surface area contributed by atoms with Crippen LogP contribution in [0.2, 0.25) is 0 Å². The molecule has 18 heteroatoms. The number of aliphatic hydroxyl groups excluding tert-OH is 1. The van der Waals surface area contributed by atoms with Gasteiger partial charge < -0.3 is 49.0 Å². The van der Waals surface area contributed by atoms with Gasteiger partial charge >= 0.3 is 12.1 Å². The van der Waals surface area contributed by atoms with Crippen molar-refractivity contribution in [2.45, 2.75) is 154 Å². The van der Waals surface area contributed by atoms with Crippen LogP contribution in [-0.4, -0.2) is 153 Å². The van der Waals surface area contributed by atoms with Gasteiger partial charge in [-0.15, -0.1) is 5.10 Å². The van der Waals surface area contributed by atoms with Gasteiger partial charge in [0.2, 0.25) is 0 Å². The average molecular weight is 846 g/mol. The van der Waals surface area contributed by atoms with Crippen molar-refractivity contribution < 1.29 is 48.4 Å². The average Bonchev–Trinajstić information content (AvgIpc) is 3.83. The van der Waals surface area contributed by atoms with Gasteiger partial charge in [0, 0.05) is 69.5 Å². The van der Waals surface area contributed by atoms with Crippen molar-refractivity contribution in [3.05, 3.63) is 51.8 Å². The lowest BCUT2D eigenvalue weighted by molar-refractivity contribution is -0.384. The van der Waals surface area contributed by atoms with Gasteiger partial charge in [-0.3, -0.25) is 19.6 Å². The van der Waals surface area contributed by atoms with E-state index >= 15 is 0 Å². The van der Waals surface area contributed by atoms with Crippen LogP contribution in [0.1, 0.15) is 79.0 Å². The molecule has 14 atom stereocenters. The van der Waals surface area contributed by atoms with Crippen LogP contribution in [0, 0.1) is 27.9 Å². The number of nitro benzene ring substituents is 1. The standard InChI is InChI=1S/C42H67N7O11/c1-11-33-37-34(43-41(52)59-37)28(6)47(9)22-24(2)21-42(7,53)38(26(4)36(56-10)27(5)39(51)58-33)60-40-35(50)32(20-25(3)57-40)46(8)18-17-30-23-48(45-44-30)19-16-29-12-14-31(15-13-29)49(54)55/h12-15,23-28,32-38,40,50,53H,11,16-22H2,1-10H3,(H,43,52)/t24-,25-,26+,27-,28-,32+,33-,34-,35-,36+,37-,38-,40+,42-/m1/s1. The second-order valence-corrected chi connectivity index (χ2v) is 17.7. The van der Waals surface area contributed by atoms with Crippen LogP contribution in [-0.2, 0) is 47.9 Å². The van der Waals surface area contributed by atoms with Crippen molar-refractivity contribution in [3.63, 3.8) is 0 Å². The number of aliphatic hydroxyl groups is 2. The molecule has 60 heavy (non-hydrogen) atoms. The number of ether oxygens (including phenoxy) is 5. The summed E-state index contributed by atoms with van der Waals surface area (Å²) >= 11 is 0. The molecule has 5 rings (SSSR count). The van der Waals surface area contributed by atoms with E-state index in [2.05, 4.69) is 25.4 Å². The number of likely N-dealkylation sites (N-methyl/N-ethyl adjacent to an activating group) is 2. The molecule has 0 spiro atoms. The smallest absolute Gasteiger partial charge is 0.408 e. The molecule has 3 N–H and O–H groups in total. The predicted molar refractivity (Wildman–Crippen MR) is 220 cm³/mol. The summed E-state index contributed by atoms with van der Waals surface area (Å²) in [6.07, 6.45) is -1.80. The Morgan fingerprint density at radius 3 is 2.47 bits per heavy atom. The Kier molecular flexibility index (Phi) is 16.1. The first kappa shape index (κ1) is 47.3. The number of cyclic esters (lactones) is 1. The third kappa shape index (κ3) is 11.4. The zero-order valence-corrected chi connectivity index (χ0v) is 36.8. The zero-order chi connectivity index (χ0) is 44.1. The van der Waals surface area contributed by atoms with Gasteiger partial charge in [-0.1, -0.05) is 38.1 Å². The predicted octanol–water partition coefficient (Wildman–Crippen LogP) is 3.35. The summed E-state index contributed by atoms with van der Waals surface area (Å²) in [5, 5.41) is 46.9. The Hall–Kier alpha value is -3.78. The molecule has 1 amide bonds. The number of hydrogen-bond acceptors (Lipinski definition) is 15. The molecule has 0 unspecified atom stereocenters. The zero-order valence-electron chi connectivity index (χ0n) is 36.8. The van der Waals surface area contributed by atoms with Gasteiger partial charge in [0.15, 0.2) is 12.4 Å². The van der Waals surface area contributed by atoms with Crippen molar-refractivity contribution in [2.75, 3.05) is 34.3 Å². The summed E-state index contributed by atoms with van der Waals surface area (Å²) < 4.78 is 32.6. The highest BCUT2D eigenvalue weighted by molar-refractivity contribution is 5.73. The highest BCUT2D eigenvalue weighted by Gasteiger charge is 2.50. The Balaban J connectivity index is 1.30. The lowest BCUT2D eigenvalue weighted by atomic mass is 9.78. The molecule has 3 saturated heterocycles. The van der Waals surface area contributed by atoms with Gasteiger partial charge in [-0.2, -0.15) is 0 Å². The quantitative estimate of drug-likeness (QED) is 0.159. The number of nitrogens with zero attached hydrogens (tertiary/aromatic N) is 6. The van der Waals surface area contributed by atoms with E-state index in [1.807, 2.05) is 54.9 Å². The number of non-ortho nitro benzene ring substituents is 1. The molecule has 4 heterocycles. The molecule has 0 radical (unpaired) electrons. The van der Waals surface area contributed by atoms with Crippen LogP contribution in [0.5, 0.6) is 0 Å². The summed E-state index contributed by atoms with van der Waals surface area (Å²) in [5.74, 6) is -1.98. The first-order chi connectivity index (χ1) is 28.3. The number of alkyl carbamates (subject to hydrolysis) is 1. The maximum atomic E-state index is 13.9. The topological polar surface area (TPSA) is 213 Å². The Bertz CT molecular complexity index is 1730. The van der Waals surface area contributed by atoms with Gasteiger partial charge in [-0.25, -0.2) is 4.79 Å². The largest absolute Gasteiger partial charge is 0.458 e. The molecule has 1 aromatic carbocycles. The molecular formula is C42H67N7O11. The van der Waals surface area contributed by atoms with Gasteiger partial charge in [0.1, 0.15) is 12.2 Å². The minimum atomic E-state index is -1.47. The lowest BCUT2D eigenvalue weighted by Gasteiger charge is -2.47. The number of benzene rings is 1. The summed E-state index contributed by atoms with van der Waals surface area (Å²) in [5.41, 5.74) is 0.316. The van der Waals surface area contributed by atoms with Gasteiger partial charge in [0.25, 0.3) is 5.69 Å². The maximum absolute atomic E-state index is 13.9. The van der Waals surface area contributed by atoms with E-state index in [1.165, 1.54) is 19.2 Å². The number of aromatic nitrogens is 3. The molecule has 0 bridgehead atoms. The summed E-state index contributed by atoms with van der Waals surface area (Å²) in [7, 11) is 5.41. The minimum absolute atomic E-state index is 0.0508. The van der Waals surface area contributed by atoms with Crippen LogP contribution in [0.15, 0.2) is 30.5 Å². The number of nitro groups is 1. The number of carbonyl (C=O) groups excluding carboxylic acids is 2. The number of esters is 1. The molecule has 18 nitrogen and oxygen atoms in total. The van der Waals surface area contributed by atoms with Crippen molar-refractivity contribution in [1.82, 2.24) is 30.1 Å². The second kappa shape index (κ2) is 20.4. The number of nitrogens with one attached hydrogen (secondary N) is 1. The Morgan fingerprint density at radius 2 is 1.82 bits per heavy atom. The van der Waals surface area contributed by atoms with E-state index in [0.29, 0.717) is 51.7 Å². The molecule has 336 valence electrons. The highest BCUT2D eigenvalue weighted by atomic mass is 16.7. The van der Waals surface area contributed by atoms with Crippen LogP contribution in [0.3, 0.4) is 0 Å². The van der Waals surface area contributed by atoms with E-state index in [0.717, 1.165) is 11.3 Å². The van der Waals surface area contributed by atoms with E-state index in [4.69, 9.17) is 23.7 Å².